The molecular weight excluding hydrogens is 212 g/mol. The van der Waals surface area contributed by atoms with E-state index in [0.29, 0.717) is 5.82 Å². The Bertz CT molecular complexity index is 472. The Kier molecular flexibility index (Phi) is 2.69. The zero-order valence-corrected chi connectivity index (χ0v) is 8.57. The van der Waals surface area contributed by atoms with E-state index in [1.54, 1.807) is 6.08 Å². The average Bonchev–Trinajstić information content (AvgIpc) is 2.64. The van der Waals surface area contributed by atoms with E-state index in [-0.39, 0.29) is 5.95 Å². The highest BCUT2D eigenvalue weighted by Gasteiger charge is 1.93. The molecule has 3 N–H and O–H groups in total. The lowest BCUT2D eigenvalue weighted by Crippen LogP contribution is -1.85. The number of nitrogens with zero attached hydrogens (tertiary/aromatic N) is 2. The predicted octanol–water partition coefficient (Wildman–Crippen LogP) is 2.21. The summed E-state index contributed by atoms with van der Waals surface area (Å²) in [4.78, 5) is 3.94. The number of hydrogen-bond donors (Lipinski definition) is 2. The fraction of sp³-hybridized carbons (Fsp3) is 0. The van der Waals surface area contributed by atoms with E-state index >= 15 is 0 Å². The summed E-state index contributed by atoms with van der Waals surface area (Å²) in [6.07, 6.45) is 3.70. The summed E-state index contributed by atoms with van der Waals surface area (Å²) < 4.78 is 0. The summed E-state index contributed by atoms with van der Waals surface area (Å²) in [6, 6.07) is 7.49. The van der Waals surface area contributed by atoms with Crippen LogP contribution in [0.25, 0.3) is 12.2 Å². The van der Waals surface area contributed by atoms with Crippen LogP contribution in [0.2, 0.25) is 5.02 Å². The minimum Gasteiger partial charge on any atom is -0.366 e. The number of anilines is 1. The first-order valence-electron chi connectivity index (χ1n) is 4.35. The molecule has 1 aromatic carbocycles. The van der Waals surface area contributed by atoms with Crippen molar-refractivity contribution < 1.29 is 0 Å². The molecule has 0 aliphatic rings. The normalized spacial score (nSPS) is 11.0. The topological polar surface area (TPSA) is 67.6 Å². The van der Waals surface area contributed by atoms with E-state index in [0.717, 1.165) is 10.6 Å². The van der Waals surface area contributed by atoms with Gasteiger partial charge >= 0.3 is 0 Å². The van der Waals surface area contributed by atoms with Crippen LogP contribution in [0.15, 0.2) is 24.3 Å². The van der Waals surface area contributed by atoms with Gasteiger partial charge in [-0.05, 0) is 23.8 Å². The number of nitrogen functional groups attached to an aromatic ring is 1. The summed E-state index contributed by atoms with van der Waals surface area (Å²) in [5.41, 5.74) is 6.40. The van der Waals surface area contributed by atoms with E-state index in [4.69, 9.17) is 17.3 Å². The molecule has 1 aromatic heterocycles. The summed E-state index contributed by atoms with van der Waals surface area (Å²) in [7, 11) is 0. The zero-order valence-electron chi connectivity index (χ0n) is 7.81. The standard InChI is InChI=1S/C10H9ClN4/c11-8-4-1-7(2-5-8)3-6-9-13-10(12)15-14-9/h1-6H,(H3,12,13,14,15). The summed E-state index contributed by atoms with van der Waals surface area (Å²) in [5, 5.41) is 7.12. The van der Waals surface area contributed by atoms with Crippen molar-refractivity contribution in [1.82, 2.24) is 15.2 Å². The quantitative estimate of drug-likeness (QED) is 0.816. The van der Waals surface area contributed by atoms with E-state index in [2.05, 4.69) is 15.2 Å². The lowest BCUT2D eigenvalue weighted by atomic mass is 10.2. The van der Waals surface area contributed by atoms with E-state index in [1.807, 2.05) is 30.3 Å². The number of H-pyrrole nitrogens is 1. The molecule has 0 bridgehead atoms. The Balaban J connectivity index is 2.14. The van der Waals surface area contributed by atoms with Gasteiger partial charge in [0, 0.05) is 5.02 Å². The summed E-state index contributed by atoms with van der Waals surface area (Å²) >= 11 is 5.76. The highest BCUT2D eigenvalue weighted by Crippen LogP contribution is 2.11. The Labute approximate surface area is 91.8 Å². The molecule has 76 valence electrons. The van der Waals surface area contributed by atoms with Crippen LogP contribution < -0.4 is 5.73 Å². The van der Waals surface area contributed by atoms with E-state index < -0.39 is 0 Å². The molecule has 0 saturated carbocycles. The van der Waals surface area contributed by atoms with Crippen molar-refractivity contribution in [2.24, 2.45) is 0 Å². The molecular formula is C10H9ClN4. The first-order valence-corrected chi connectivity index (χ1v) is 4.73. The van der Waals surface area contributed by atoms with Gasteiger partial charge in [0.15, 0.2) is 0 Å². The maximum absolute atomic E-state index is 5.76. The molecule has 0 aliphatic heterocycles. The Hall–Kier alpha value is -1.81. The summed E-state index contributed by atoms with van der Waals surface area (Å²) in [6.45, 7) is 0. The van der Waals surface area contributed by atoms with Gasteiger partial charge in [-0.25, -0.2) is 0 Å². The molecule has 4 nitrogen and oxygen atoms in total. The molecule has 0 atom stereocenters. The fourth-order valence-electron chi connectivity index (χ4n) is 1.11. The number of benzene rings is 1. The molecule has 15 heavy (non-hydrogen) atoms. The van der Waals surface area contributed by atoms with Crippen LogP contribution in [0.4, 0.5) is 5.95 Å². The molecule has 0 saturated heterocycles. The molecule has 0 unspecified atom stereocenters. The number of aromatic nitrogens is 3. The minimum absolute atomic E-state index is 0.241. The van der Waals surface area contributed by atoms with E-state index in [9.17, 15) is 0 Å². The van der Waals surface area contributed by atoms with Crippen LogP contribution in [-0.2, 0) is 0 Å². The highest BCUT2D eigenvalue weighted by molar-refractivity contribution is 6.30. The maximum Gasteiger partial charge on any atom is 0.239 e. The van der Waals surface area contributed by atoms with Gasteiger partial charge in [0.25, 0.3) is 0 Å². The van der Waals surface area contributed by atoms with Crippen LogP contribution in [0.3, 0.4) is 0 Å². The Morgan fingerprint density at radius 3 is 2.53 bits per heavy atom. The molecule has 2 aromatic rings. The van der Waals surface area contributed by atoms with Gasteiger partial charge in [0.1, 0.15) is 5.82 Å². The van der Waals surface area contributed by atoms with Crippen molar-refractivity contribution in [3.05, 3.63) is 40.7 Å². The van der Waals surface area contributed by atoms with Crippen LogP contribution in [0.1, 0.15) is 11.4 Å². The second kappa shape index (κ2) is 4.14. The van der Waals surface area contributed by atoms with E-state index in [1.165, 1.54) is 0 Å². The first-order chi connectivity index (χ1) is 7.24. The third-order valence-electron chi connectivity index (χ3n) is 1.82. The molecule has 0 fully saturated rings. The second-order valence-electron chi connectivity index (χ2n) is 2.96. The lowest BCUT2D eigenvalue weighted by molar-refractivity contribution is 1.09. The molecule has 5 heteroatoms. The third kappa shape index (κ3) is 2.57. The maximum atomic E-state index is 5.76. The Morgan fingerprint density at radius 2 is 1.93 bits per heavy atom. The number of rotatable bonds is 2. The molecule has 2 rings (SSSR count). The van der Waals surface area contributed by atoms with Gasteiger partial charge < -0.3 is 5.73 Å². The SMILES string of the molecule is Nc1n[nH]c(C=Cc2ccc(Cl)cc2)n1. The van der Waals surface area contributed by atoms with Crippen LogP contribution >= 0.6 is 11.6 Å². The smallest absolute Gasteiger partial charge is 0.239 e. The van der Waals surface area contributed by atoms with Crippen molar-refractivity contribution in [3.8, 4) is 0 Å². The number of hydrogen-bond acceptors (Lipinski definition) is 3. The number of halogens is 1. The number of nitrogens with two attached hydrogens (primary N) is 1. The van der Waals surface area contributed by atoms with Crippen molar-refractivity contribution >= 4 is 29.7 Å². The highest BCUT2D eigenvalue weighted by atomic mass is 35.5. The first kappa shape index (κ1) is 9.73. The molecule has 1 heterocycles. The second-order valence-corrected chi connectivity index (χ2v) is 3.40. The van der Waals surface area contributed by atoms with Crippen molar-refractivity contribution in [3.63, 3.8) is 0 Å². The lowest BCUT2D eigenvalue weighted by Gasteiger charge is -1.92. The van der Waals surface area contributed by atoms with Crippen LogP contribution in [0.5, 0.6) is 0 Å². The largest absolute Gasteiger partial charge is 0.366 e. The zero-order chi connectivity index (χ0) is 10.7. The third-order valence-corrected chi connectivity index (χ3v) is 2.08. The molecule has 0 radical (unpaired) electrons. The predicted molar refractivity (Wildman–Crippen MR) is 61.2 cm³/mol. The molecule has 0 aliphatic carbocycles. The van der Waals surface area contributed by atoms with Crippen LogP contribution in [-0.4, -0.2) is 15.2 Å². The fourth-order valence-corrected chi connectivity index (χ4v) is 1.24. The van der Waals surface area contributed by atoms with Gasteiger partial charge in [-0.2, -0.15) is 4.98 Å². The van der Waals surface area contributed by atoms with Crippen molar-refractivity contribution in [1.29, 1.82) is 0 Å². The van der Waals surface area contributed by atoms with Crippen LogP contribution in [0, 0.1) is 0 Å². The average molecular weight is 221 g/mol. The van der Waals surface area contributed by atoms with Gasteiger partial charge in [-0.1, -0.05) is 29.8 Å². The molecule has 0 spiro atoms. The number of nitrogens with one attached hydrogen (secondary N) is 1. The van der Waals surface area contributed by atoms with Crippen molar-refractivity contribution in [2.75, 3.05) is 5.73 Å². The van der Waals surface area contributed by atoms with Gasteiger partial charge in [-0.3, -0.25) is 5.10 Å². The number of aromatic amines is 1. The minimum atomic E-state index is 0.241. The molecule has 0 amide bonds. The monoisotopic (exact) mass is 220 g/mol. The summed E-state index contributed by atoms with van der Waals surface area (Å²) in [5.74, 6) is 0.869. The van der Waals surface area contributed by atoms with Gasteiger partial charge in [0.05, 0.1) is 0 Å². The van der Waals surface area contributed by atoms with Crippen molar-refractivity contribution in [2.45, 2.75) is 0 Å². The van der Waals surface area contributed by atoms with Gasteiger partial charge in [-0.15, -0.1) is 5.10 Å². The van der Waals surface area contributed by atoms with Gasteiger partial charge in [0.2, 0.25) is 5.95 Å². The Morgan fingerprint density at radius 1 is 1.20 bits per heavy atom.